The molecule has 1 fully saturated rings. The molecule has 3 heterocycles. The SMILES string of the molecule is CC1COCC(C)N1c1nccc2c(=O)[nH]c(N)nc12. The third-order valence-electron chi connectivity index (χ3n) is 3.54. The summed E-state index contributed by atoms with van der Waals surface area (Å²) in [5.41, 5.74) is 5.95. The van der Waals surface area contributed by atoms with E-state index in [-0.39, 0.29) is 23.6 Å². The molecule has 1 aliphatic rings. The predicted molar refractivity (Wildman–Crippen MR) is 76.8 cm³/mol. The third-order valence-corrected chi connectivity index (χ3v) is 3.54. The zero-order valence-corrected chi connectivity index (χ0v) is 11.5. The highest BCUT2D eigenvalue weighted by Gasteiger charge is 2.28. The van der Waals surface area contributed by atoms with Crippen LogP contribution in [-0.2, 0) is 4.74 Å². The Bertz CT molecular complexity index is 689. The molecule has 0 radical (unpaired) electrons. The van der Waals surface area contributed by atoms with E-state index >= 15 is 0 Å². The monoisotopic (exact) mass is 275 g/mol. The number of hydrogen-bond donors (Lipinski definition) is 2. The normalized spacial score (nSPS) is 23.2. The lowest BCUT2D eigenvalue weighted by atomic mass is 10.1. The zero-order chi connectivity index (χ0) is 14.3. The van der Waals surface area contributed by atoms with Gasteiger partial charge in [0.05, 0.1) is 30.7 Å². The zero-order valence-electron chi connectivity index (χ0n) is 11.5. The van der Waals surface area contributed by atoms with Gasteiger partial charge in [0.2, 0.25) is 5.95 Å². The molecule has 106 valence electrons. The van der Waals surface area contributed by atoms with Crippen molar-refractivity contribution in [1.29, 1.82) is 0 Å². The Hall–Kier alpha value is -2.15. The molecule has 1 saturated heterocycles. The van der Waals surface area contributed by atoms with Crippen LogP contribution in [-0.4, -0.2) is 40.2 Å². The maximum atomic E-state index is 12.0. The fourth-order valence-corrected chi connectivity index (χ4v) is 2.68. The van der Waals surface area contributed by atoms with Gasteiger partial charge in [-0.15, -0.1) is 0 Å². The lowest BCUT2D eigenvalue weighted by molar-refractivity contribution is 0.0753. The molecular weight excluding hydrogens is 258 g/mol. The van der Waals surface area contributed by atoms with Crippen LogP contribution in [0.5, 0.6) is 0 Å². The highest BCUT2D eigenvalue weighted by molar-refractivity contribution is 5.88. The topological polar surface area (TPSA) is 97.1 Å². The largest absolute Gasteiger partial charge is 0.377 e. The Balaban J connectivity index is 2.23. The van der Waals surface area contributed by atoms with Crippen molar-refractivity contribution in [2.24, 2.45) is 0 Å². The second kappa shape index (κ2) is 4.75. The molecule has 2 aromatic heterocycles. The average Bonchev–Trinajstić information content (AvgIpc) is 2.39. The smallest absolute Gasteiger partial charge is 0.260 e. The van der Waals surface area contributed by atoms with Gasteiger partial charge in [-0.1, -0.05) is 0 Å². The Labute approximate surface area is 115 Å². The number of rotatable bonds is 1. The van der Waals surface area contributed by atoms with Crippen LogP contribution in [0.4, 0.5) is 11.8 Å². The minimum atomic E-state index is -0.246. The van der Waals surface area contributed by atoms with Crippen LogP contribution in [0.15, 0.2) is 17.1 Å². The molecule has 0 saturated carbocycles. The highest BCUT2D eigenvalue weighted by atomic mass is 16.5. The first-order valence-corrected chi connectivity index (χ1v) is 6.58. The summed E-state index contributed by atoms with van der Waals surface area (Å²) in [6, 6.07) is 1.98. The van der Waals surface area contributed by atoms with E-state index in [0.717, 1.165) is 0 Å². The van der Waals surface area contributed by atoms with Gasteiger partial charge in [-0.2, -0.15) is 0 Å². The van der Waals surface area contributed by atoms with Crippen LogP contribution in [0.25, 0.3) is 10.9 Å². The molecule has 0 bridgehead atoms. The van der Waals surface area contributed by atoms with Crippen LogP contribution in [0.3, 0.4) is 0 Å². The van der Waals surface area contributed by atoms with E-state index in [4.69, 9.17) is 10.5 Å². The summed E-state index contributed by atoms with van der Waals surface area (Å²) in [6.45, 7) is 5.38. The van der Waals surface area contributed by atoms with E-state index in [1.807, 2.05) is 0 Å². The Morgan fingerprint density at radius 2 is 2.10 bits per heavy atom. The molecule has 20 heavy (non-hydrogen) atoms. The number of aromatic amines is 1. The van der Waals surface area contributed by atoms with E-state index < -0.39 is 0 Å². The van der Waals surface area contributed by atoms with Gasteiger partial charge in [0.1, 0.15) is 5.52 Å². The number of nitrogens with one attached hydrogen (secondary N) is 1. The molecule has 0 amide bonds. The summed E-state index contributed by atoms with van der Waals surface area (Å²) in [7, 11) is 0. The van der Waals surface area contributed by atoms with Gasteiger partial charge < -0.3 is 15.4 Å². The van der Waals surface area contributed by atoms with Crippen molar-refractivity contribution >= 4 is 22.7 Å². The lowest BCUT2D eigenvalue weighted by Gasteiger charge is -2.39. The minimum absolute atomic E-state index is 0.102. The van der Waals surface area contributed by atoms with Crippen LogP contribution in [0, 0.1) is 0 Å². The summed E-state index contributed by atoms with van der Waals surface area (Å²) in [5.74, 6) is 0.786. The Morgan fingerprint density at radius 1 is 1.40 bits per heavy atom. The number of ether oxygens (including phenoxy) is 1. The quantitative estimate of drug-likeness (QED) is 0.787. The second-order valence-corrected chi connectivity index (χ2v) is 5.12. The molecule has 7 heteroatoms. The van der Waals surface area contributed by atoms with Crippen molar-refractivity contribution in [2.45, 2.75) is 25.9 Å². The van der Waals surface area contributed by atoms with Crippen molar-refractivity contribution < 1.29 is 4.74 Å². The van der Waals surface area contributed by atoms with Crippen molar-refractivity contribution in [3.63, 3.8) is 0 Å². The summed E-state index contributed by atoms with van der Waals surface area (Å²) < 4.78 is 5.52. The number of nitrogens with zero attached hydrogens (tertiary/aromatic N) is 3. The second-order valence-electron chi connectivity index (χ2n) is 5.12. The van der Waals surface area contributed by atoms with Crippen LogP contribution < -0.4 is 16.2 Å². The van der Waals surface area contributed by atoms with Crippen LogP contribution in [0.1, 0.15) is 13.8 Å². The van der Waals surface area contributed by atoms with E-state index in [2.05, 4.69) is 33.7 Å². The highest BCUT2D eigenvalue weighted by Crippen LogP contribution is 2.26. The number of hydrogen-bond acceptors (Lipinski definition) is 6. The standard InChI is InChI=1S/C13H17N5O2/c1-7-5-20-6-8(2)18(7)11-10-9(3-4-15-11)12(19)17-13(14)16-10/h3-4,7-8H,5-6H2,1-2H3,(H3,14,16,17,19). The number of fused-ring (bicyclic) bond motifs is 1. The van der Waals surface area contributed by atoms with E-state index in [9.17, 15) is 4.79 Å². The van der Waals surface area contributed by atoms with Gasteiger partial charge in [-0.25, -0.2) is 9.97 Å². The van der Waals surface area contributed by atoms with Gasteiger partial charge in [-0.3, -0.25) is 9.78 Å². The molecule has 2 unspecified atom stereocenters. The van der Waals surface area contributed by atoms with E-state index in [1.165, 1.54) is 0 Å². The number of nitrogens with two attached hydrogens (primary N) is 1. The van der Waals surface area contributed by atoms with Gasteiger partial charge >= 0.3 is 0 Å². The first-order chi connectivity index (χ1) is 9.58. The molecule has 0 aliphatic carbocycles. The molecule has 1 aliphatic heterocycles. The number of anilines is 2. The van der Waals surface area contributed by atoms with Gasteiger partial charge in [-0.05, 0) is 19.9 Å². The number of H-pyrrole nitrogens is 1. The summed E-state index contributed by atoms with van der Waals surface area (Å²) in [5, 5.41) is 0.495. The predicted octanol–water partition coefficient (Wildman–Crippen LogP) is 0.514. The Morgan fingerprint density at radius 3 is 2.80 bits per heavy atom. The maximum Gasteiger partial charge on any atom is 0.260 e. The van der Waals surface area contributed by atoms with Crippen molar-refractivity contribution in [3.8, 4) is 0 Å². The van der Waals surface area contributed by atoms with E-state index in [1.54, 1.807) is 12.3 Å². The number of aromatic nitrogens is 3. The van der Waals surface area contributed by atoms with Crippen molar-refractivity contribution in [1.82, 2.24) is 15.0 Å². The fourth-order valence-electron chi connectivity index (χ4n) is 2.68. The number of pyridine rings is 1. The fraction of sp³-hybridized carbons (Fsp3) is 0.462. The van der Waals surface area contributed by atoms with Gasteiger partial charge in [0.25, 0.3) is 5.56 Å². The molecular formula is C13H17N5O2. The first-order valence-electron chi connectivity index (χ1n) is 6.58. The molecule has 0 aromatic carbocycles. The van der Waals surface area contributed by atoms with E-state index in [0.29, 0.717) is 29.9 Å². The maximum absolute atomic E-state index is 12.0. The molecule has 3 N–H and O–H groups in total. The minimum Gasteiger partial charge on any atom is -0.377 e. The lowest BCUT2D eigenvalue weighted by Crippen LogP contribution is -2.50. The van der Waals surface area contributed by atoms with Gasteiger partial charge in [0.15, 0.2) is 5.82 Å². The molecule has 3 rings (SSSR count). The molecule has 0 spiro atoms. The number of nitrogen functional groups attached to an aromatic ring is 1. The number of morpholine rings is 1. The molecule has 2 aromatic rings. The first kappa shape index (κ1) is 12.9. The van der Waals surface area contributed by atoms with Crippen LogP contribution in [0.2, 0.25) is 0 Å². The molecule has 7 nitrogen and oxygen atoms in total. The third kappa shape index (κ3) is 2.00. The average molecular weight is 275 g/mol. The summed E-state index contributed by atoms with van der Waals surface area (Å²) in [6.07, 6.45) is 1.62. The summed E-state index contributed by atoms with van der Waals surface area (Å²) >= 11 is 0. The van der Waals surface area contributed by atoms with Crippen molar-refractivity contribution in [2.75, 3.05) is 23.8 Å². The van der Waals surface area contributed by atoms with Crippen LogP contribution >= 0.6 is 0 Å². The van der Waals surface area contributed by atoms with Gasteiger partial charge in [0, 0.05) is 6.20 Å². The molecule has 2 atom stereocenters. The summed E-state index contributed by atoms with van der Waals surface area (Å²) in [4.78, 5) is 25.3. The van der Waals surface area contributed by atoms with Crippen molar-refractivity contribution in [3.05, 3.63) is 22.6 Å². The Kier molecular flexibility index (Phi) is 3.06.